The van der Waals surface area contributed by atoms with Crippen LogP contribution in [0.4, 0.5) is 8.78 Å². The van der Waals surface area contributed by atoms with E-state index in [1.54, 1.807) is 14.0 Å². The summed E-state index contributed by atoms with van der Waals surface area (Å²) in [7, 11) is 1.56. The third kappa shape index (κ3) is 4.13. The molecule has 0 radical (unpaired) electrons. The molecule has 0 bridgehead atoms. The van der Waals surface area contributed by atoms with Gasteiger partial charge in [0.1, 0.15) is 0 Å². The quantitative estimate of drug-likeness (QED) is 0.732. The molecule has 0 spiro atoms. The van der Waals surface area contributed by atoms with Crippen LogP contribution in [0.25, 0.3) is 0 Å². The second-order valence-electron chi connectivity index (χ2n) is 3.73. The summed E-state index contributed by atoms with van der Waals surface area (Å²) in [6.45, 7) is 2.21. The summed E-state index contributed by atoms with van der Waals surface area (Å²) in [4.78, 5) is 0. The van der Waals surface area contributed by atoms with Gasteiger partial charge in [-0.05, 0) is 24.6 Å². The molecule has 0 fully saturated rings. The van der Waals surface area contributed by atoms with Crippen LogP contribution in [0.15, 0.2) is 12.1 Å². The van der Waals surface area contributed by atoms with Gasteiger partial charge in [0.25, 0.3) is 0 Å². The van der Waals surface area contributed by atoms with Crippen LogP contribution < -0.4 is 4.74 Å². The van der Waals surface area contributed by atoms with E-state index in [2.05, 4.69) is 0 Å². The van der Waals surface area contributed by atoms with Crippen molar-refractivity contribution in [3.8, 4) is 5.75 Å². The lowest BCUT2D eigenvalue weighted by Crippen LogP contribution is -2.16. The minimum Gasteiger partial charge on any atom is -0.485 e. The van der Waals surface area contributed by atoms with Gasteiger partial charge >= 0.3 is 0 Å². The molecule has 1 rings (SSSR count). The Labute approximate surface area is 104 Å². The maximum atomic E-state index is 13.5. The summed E-state index contributed by atoms with van der Waals surface area (Å²) in [5, 5.41) is 0. The topological polar surface area (TPSA) is 18.5 Å². The zero-order valence-electron chi connectivity index (χ0n) is 9.80. The standard InChI is InChI=1S/C12H15ClF2O2/c1-8(3-4-16-2)17-12-10(14)5-9(7-13)6-11(12)15/h5-6,8H,3-4,7H2,1-2H3. The third-order valence-electron chi connectivity index (χ3n) is 2.26. The second kappa shape index (κ2) is 6.77. The Kier molecular flexibility index (Phi) is 5.65. The van der Waals surface area contributed by atoms with Crippen molar-refractivity contribution >= 4 is 11.6 Å². The highest BCUT2D eigenvalue weighted by Gasteiger charge is 2.15. The largest absolute Gasteiger partial charge is 0.485 e. The zero-order valence-corrected chi connectivity index (χ0v) is 10.6. The number of hydrogen-bond acceptors (Lipinski definition) is 2. The molecule has 0 aliphatic rings. The smallest absolute Gasteiger partial charge is 0.191 e. The van der Waals surface area contributed by atoms with Crippen molar-refractivity contribution in [1.29, 1.82) is 0 Å². The van der Waals surface area contributed by atoms with E-state index in [0.717, 1.165) is 0 Å². The first-order valence-electron chi connectivity index (χ1n) is 5.28. The van der Waals surface area contributed by atoms with E-state index in [0.29, 0.717) is 18.6 Å². The Morgan fingerprint density at radius 3 is 2.35 bits per heavy atom. The first-order chi connectivity index (χ1) is 8.08. The molecule has 0 aromatic heterocycles. The van der Waals surface area contributed by atoms with Crippen molar-refractivity contribution < 1.29 is 18.3 Å². The van der Waals surface area contributed by atoms with E-state index in [1.807, 2.05) is 0 Å². The first-order valence-corrected chi connectivity index (χ1v) is 5.81. The number of ether oxygens (including phenoxy) is 2. The third-order valence-corrected chi connectivity index (χ3v) is 2.57. The molecule has 0 saturated carbocycles. The number of methoxy groups -OCH3 is 1. The number of halogens is 3. The molecule has 5 heteroatoms. The van der Waals surface area contributed by atoms with Crippen molar-refractivity contribution in [3.05, 3.63) is 29.3 Å². The van der Waals surface area contributed by atoms with Crippen LogP contribution in [0.3, 0.4) is 0 Å². The average molecular weight is 265 g/mol. The Bertz CT molecular complexity index is 349. The summed E-state index contributed by atoms with van der Waals surface area (Å²) in [6, 6.07) is 2.35. The van der Waals surface area contributed by atoms with Crippen molar-refractivity contribution in [2.45, 2.75) is 25.3 Å². The Morgan fingerprint density at radius 2 is 1.88 bits per heavy atom. The van der Waals surface area contributed by atoms with Crippen LogP contribution in [-0.4, -0.2) is 19.8 Å². The van der Waals surface area contributed by atoms with Gasteiger partial charge in [0, 0.05) is 26.0 Å². The maximum absolute atomic E-state index is 13.5. The molecule has 1 atom stereocenters. The number of rotatable bonds is 6. The van der Waals surface area contributed by atoms with Crippen molar-refractivity contribution in [2.24, 2.45) is 0 Å². The molecule has 0 saturated heterocycles. The lowest BCUT2D eigenvalue weighted by molar-refractivity contribution is 0.128. The fraction of sp³-hybridized carbons (Fsp3) is 0.500. The fourth-order valence-electron chi connectivity index (χ4n) is 1.35. The van der Waals surface area contributed by atoms with Gasteiger partial charge < -0.3 is 9.47 Å². The molecule has 0 aliphatic carbocycles. The average Bonchev–Trinajstić information content (AvgIpc) is 2.30. The molecule has 1 unspecified atom stereocenters. The normalized spacial score (nSPS) is 12.5. The number of alkyl halides is 1. The number of benzene rings is 1. The molecule has 0 N–H and O–H groups in total. The monoisotopic (exact) mass is 264 g/mol. The molecule has 0 aliphatic heterocycles. The second-order valence-corrected chi connectivity index (χ2v) is 4.00. The predicted molar refractivity (Wildman–Crippen MR) is 62.5 cm³/mol. The lowest BCUT2D eigenvalue weighted by atomic mass is 10.2. The highest BCUT2D eigenvalue weighted by Crippen LogP contribution is 2.25. The van der Waals surface area contributed by atoms with E-state index >= 15 is 0 Å². The van der Waals surface area contributed by atoms with Crippen LogP contribution in [0.2, 0.25) is 0 Å². The van der Waals surface area contributed by atoms with E-state index in [4.69, 9.17) is 21.1 Å². The SMILES string of the molecule is COCCC(C)Oc1c(F)cc(CCl)cc1F. The van der Waals surface area contributed by atoms with Crippen LogP contribution in [-0.2, 0) is 10.6 Å². The Balaban J connectivity index is 2.77. The minimum atomic E-state index is -0.732. The van der Waals surface area contributed by atoms with Gasteiger partial charge in [0.05, 0.1) is 6.10 Å². The Hall–Kier alpha value is -0.870. The molecule has 0 amide bonds. The lowest BCUT2D eigenvalue weighted by Gasteiger charge is -2.15. The highest BCUT2D eigenvalue weighted by atomic mass is 35.5. The van der Waals surface area contributed by atoms with Gasteiger partial charge in [-0.15, -0.1) is 11.6 Å². The van der Waals surface area contributed by atoms with Gasteiger partial charge in [-0.2, -0.15) is 0 Å². The molecular formula is C12H15ClF2O2. The summed E-state index contributed by atoms with van der Waals surface area (Å²) < 4.78 is 37.1. The molecule has 17 heavy (non-hydrogen) atoms. The van der Waals surface area contributed by atoms with Gasteiger partial charge in [-0.25, -0.2) is 8.78 Å². The highest BCUT2D eigenvalue weighted by molar-refractivity contribution is 6.17. The summed E-state index contributed by atoms with van der Waals surface area (Å²) in [5.74, 6) is -1.76. The van der Waals surface area contributed by atoms with Gasteiger partial charge in [0.2, 0.25) is 0 Å². The molecule has 1 aromatic rings. The summed E-state index contributed by atoms with van der Waals surface area (Å²) >= 11 is 5.51. The Morgan fingerprint density at radius 1 is 1.29 bits per heavy atom. The van der Waals surface area contributed by atoms with E-state index in [-0.39, 0.29) is 17.7 Å². The maximum Gasteiger partial charge on any atom is 0.191 e. The predicted octanol–water partition coefficient (Wildman–Crippen LogP) is 3.51. The van der Waals surface area contributed by atoms with Crippen LogP contribution in [0.5, 0.6) is 5.75 Å². The molecular weight excluding hydrogens is 250 g/mol. The summed E-state index contributed by atoms with van der Waals surface area (Å²) in [6.07, 6.45) is 0.243. The molecule has 1 aromatic carbocycles. The number of hydrogen-bond donors (Lipinski definition) is 0. The first kappa shape index (κ1) is 14.2. The summed E-state index contributed by atoms with van der Waals surface area (Å²) in [5.41, 5.74) is 0.388. The van der Waals surface area contributed by atoms with Crippen molar-refractivity contribution in [3.63, 3.8) is 0 Å². The van der Waals surface area contributed by atoms with E-state index < -0.39 is 11.6 Å². The van der Waals surface area contributed by atoms with E-state index in [9.17, 15) is 8.78 Å². The van der Waals surface area contributed by atoms with E-state index in [1.165, 1.54) is 12.1 Å². The minimum absolute atomic E-state index is 0.0628. The molecule has 0 heterocycles. The zero-order chi connectivity index (χ0) is 12.8. The van der Waals surface area contributed by atoms with Crippen LogP contribution >= 0.6 is 11.6 Å². The van der Waals surface area contributed by atoms with Gasteiger partial charge in [0.15, 0.2) is 17.4 Å². The van der Waals surface area contributed by atoms with Crippen LogP contribution in [0.1, 0.15) is 18.9 Å². The van der Waals surface area contributed by atoms with Gasteiger partial charge in [-0.1, -0.05) is 0 Å². The van der Waals surface area contributed by atoms with Crippen LogP contribution in [0, 0.1) is 11.6 Å². The van der Waals surface area contributed by atoms with Crippen molar-refractivity contribution in [2.75, 3.05) is 13.7 Å². The molecule has 96 valence electrons. The van der Waals surface area contributed by atoms with Gasteiger partial charge in [-0.3, -0.25) is 0 Å². The fourth-order valence-corrected chi connectivity index (χ4v) is 1.50. The molecule has 2 nitrogen and oxygen atoms in total. The van der Waals surface area contributed by atoms with Crippen molar-refractivity contribution in [1.82, 2.24) is 0 Å².